The summed E-state index contributed by atoms with van der Waals surface area (Å²) in [4.78, 5) is 0. The predicted octanol–water partition coefficient (Wildman–Crippen LogP) is 13.2. The van der Waals surface area contributed by atoms with E-state index in [4.69, 9.17) is 0 Å². The van der Waals surface area contributed by atoms with Crippen molar-refractivity contribution in [2.75, 3.05) is 0 Å². The maximum Gasteiger partial charge on any atom is 0.119 e. The van der Waals surface area contributed by atoms with Crippen molar-refractivity contribution >= 4 is 12.2 Å². The van der Waals surface area contributed by atoms with E-state index in [1.807, 2.05) is 67.5 Å². The Morgan fingerprint density at radius 3 is 1.04 bits per heavy atom. The number of hydrogen-bond acceptors (Lipinski definition) is 2. The van der Waals surface area contributed by atoms with Gasteiger partial charge in [0.1, 0.15) is 11.5 Å². The van der Waals surface area contributed by atoms with Crippen molar-refractivity contribution in [3.8, 4) is 11.5 Å². The molecule has 0 radical (unpaired) electrons. The first-order valence-electron chi connectivity index (χ1n) is 16.5. The Balaban J connectivity index is 0.00000486. The van der Waals surface area contributed by atoms with Crippen LogP contribution in [-0.2, 0) is 0 Å². The molecule has 2 heteroatoms. The molecular weight excluding hydrogens is 560 g/mol. The number of allylic oxidation sites excluding steroid dienone is 16. The highest BCUT2D eigenvalue weighted by Crippen LogP contribution is 2.28. The normalized spacial score (nSPS) is 13.3. The minimum atomic E-state index is 0.357. The van der Waals surface area contributed by atoms with Gasteiger partial charge in [0.25, 0.3) is 0 Å². The van der Waals surface area contributed by atoms with E-state index in [0.29, 0.717) is 11.5 Å². The fourth-order valence-corrected chi connectivity index (χ4v) is 4.44. The van der Waals surface area contributed by atoms with E-state index >= 15 is 0 Å². The third-order valence-corrected chi connectivity index (χ3v) is 7.55. The first-order valence-corrected chi connectivity index (χ1v) is 16.5. The summed E-state index contributed by atoms with van der Waals surface area (Å²) in [6.07, 6.45) is 29.3. The molecule has 2 rings (SSSR count). The lowest BCUT2D eigenvalue weighted by Gasteiger charge is -2.10. The lowest BCUT2D eigenvalue weighted by Crippen LogP contribution is -1.91. The molecule has 0 heterocycles. The molecule has 0 aliphatic rings. The predicted molar refractivity (Wildman–Crippen MR) is 208 cm³/mol. The zero-order valence-electron chi connectivity index (χ0n) is 31.1. The molecule has 0 aliphatic heterocycles. The summed E-state index contributed by atoms with van der Waals surface area (Å²) in [5.74, 6) is 0.713. The van der Waals surface area contributed by atoms with Crippen LogP contribution in [0.2, 0.25) is 0 Å². The molecule has 2 nitrogen and oxygen atoms in total. The molecule has 0 amide bonds. The maximum atomic E-state index is 10.0. The molecule has 0 unspecified atom stereocenters. The number of rotatable bonds is 10. The molecule has 0 saturated carbocycles. The second-order valence-electron chi connectivity index (χ2n) is 11.2. The monoisotopic (exact) mass is 620 g/mol. The van der Waals surface area contributed by atoms with Crippen LogP contribution < -0.4 is 0 Å². The van der Waals surface area contributed by atoms with Crippen molar-refractivity contribution in [2.24, 2.45) is 0 Å². The second kappa shape index (κ2) is 22.2. The molecule has 0 bridgehead atoms. The summed E-state index contributed by atoms with van der Waals surface area (Å²) in [6.45, 7) is 28.4. The quantitative estimate of drug-likeness (QED) is 0.259. The summed E-state index contributed by atoms with van der Waals surface area (Å²) in [6, 6.07) is 3.66. The molecular formula is C44H60O2. The van der Waals surface area contributed by atoms with Gasteiger partial charge in [0.2, 0.25) is 0 Å². The number of phenols is 2. The molecule has 248 valence electrons. The standard InChI is InChI=1S/C40H48O2.2C2H6/c1-27(17-13-19-29(3)21-23-37-31(5)25-39(41)35(9)33(37)7)15-11-12-16-28(2)18-14-20-30(4)22-24-38-32(6)26-40(42)36(10)34(38)8;2*1-2/h11-26,41-42H,1-10H3;2*1-2H3/b12-11+,17-13+,18-14+,23-21+,24-22+,27-15+,28-16+,29-19+,30-20+;;. The van der Waals surface area contributed by atoms with Gasteiger partial charge in [0.05, 0.1) is 0 Å². The molecule has 0 atom stereocenters. The first kappa shape index (κ1) is 41.7. The van der Waals surface area contributed by atoms with Gasteiger partial charge in [-0.15, -0.1) is 0 Å². The molecule has 0 saturated heterocycles. The lowest BCUT2D eigenvalue weighted by atomic mass is 9.96. The van der Waals surface area contributed by atoms with Gasteiger partial charge in [-0.05, 0) is 126 Å². The van der Waals surface area contributed by atoms with E-state index in [-0.39, 0.29) is 0 Å². The molecule has 2 N–H and O–H groups in total. The average Bonchev–Trinajstić information content (AvgIpc) is 3.02. The van der Waals surface area contributed by atoms with E-state index in [2.05, 4.69) is 127 Å². The van der Waals surface area contributed by atoms with Gasteiger partial charge in [-0.3, -0.25) is 0 Å². The Kier molecular flexibility index (Phi) is 20.2. The van der Waals surface area contributed by atoms with E-state index in [1.54, 1.807) is 0 Å². The summed E-state index contributed by atoms with van der Waals surface area (Å²) in [7, 11) is 0. The summed E-state index contributed by atoms with van der Waals surface area (Å²) < 4.78 is 0. The fourth-order valence-electron chi connectivity index (χ4n) is 4.44. The highest BCUT2D eigenvalue weighted by atomic mass is 16.3. The van der Waals surface area contributed by atoms with Crippen LogP contribution in [0, 0.1) is 41.5 Å². The van der Waals surface area contributed by atoms with Crippen LogP contribution in [0.4, 0.5) is 0 Å². The number of benzene rings is 2. The topological polar surface area (TPSA) is 40.5 Å². The maximum absolute atomic E-state index is 10.0. The largest absolute Gasteiger partial charge is 0.508 e. The summed E-state index contributed by atoms with van der Waals surface area (Å²) in [5.41, 5.74) is 13.2. The highest BCUT2D eigenvalue weighted by molar-refractivity contribution is 5.65. The van der Waals surface area contributed by atoms with Crippen LogP contribution in [0.5, 0.6) is 11.5 Å². The highest BCUT2D eigenvalue weighted by Gasteiger charge is 2.08. The van der Waals surface area contributed by atoms with E-state index in [9.17, 15) is 10.2 Å². The smallest absolute Gasteiger partial charge is 0.119 e. The summed E-state index contributed by atoms with van der Waals surface area (Å²) >= 11 is 0. The van der Waals surface area contributed by atoms with Crippen LogP contribution in [0.1, 0.15) is 99.9 Å². The van der Waals surface area contributed by atoms with Crippen molar-refractivity contribution in [3.63, 3.8) is 0 Å². The van der Waals surface area contributed by atoms with E-state index in [1.165, 1.54) is 11.1 Å². The van der Waals surface area contributed by atoms with Gasteiger partial charge < -0.3 is 10.2 Å². The van der Waals surface area contributed by atoms with Crippen molar-refractivity contribution in [1.29, 1.82) is 0 Å². The van der Waals surface area contributed by atoms with Crippen LogP contribution in [0.15, 0.2) is 107 Å². The Morgan fingerprint density at radius 1 is 0.435 bits per heavy atom. The molecule has 0 spiro atoms. The molecule has 0 aliphatic carbocycles. The van der Waals surface area contributed by atoms with Crippen LogP contribution in [0.25, 0.3) is 12.2 Å². The van der Waals surface area contributed by atoms with Gasteiger partial charge in [0.15, 0.2) is 0 Å². The van der Waals surface area contributed by atoms with Crippen LogP contribution in [-0.4, -0.2) is 10.2 Å². The van der Waals surface area contributed by atoms with Gasteiger partial charge in [-0.1, -0.05) is 135 Å². The van der Waals surface area contributed by atoms with E-state index in [0.717, 1.165) is 55.7 Å². The number of hydrogen-bond donors (Lipinski definition) is 2. The van der Waals surface area contributed by atoms with Crippen LogP contribution >= 0.6 is 0 Å². The number of aromatic hydroxyl groups is 2. The SMILES string of the molecule is CC.CC.CC(/C=C/C=C(C)/C=C/c1c(C)cc(O)c(C)c1C)=C\C=C\C=C(C)\C=C\C=C(C)\C=C\c1c(C)cc(O)c(C)c1C. The van der Waals surface area contributed by atoms with Gasteiger partial charge >= 0.3 is 0 Å². The molecule has 0 fully saturated rings. The molecule has 46 heavy (non-hydrogen) atoms. The molecule has 2 aromatic rings. The van der Waals surface area contributed by atoms with Gasteiger partial charge in [-0.25, -0.2) is 0 Å². The van der Waals surface area contributed by atoms with Crippen LogP contribution in [0.3, 0.4) is 0 Å². The Labute approximate surface area is 282 Å². The van der Waals surface area contributed by atoms with E-state index < -0.39 is 0 Å². The fraction of sp³-hybridized carbons (Fsp3) is 0.318. The third kappa shape index (κ3) is 14.2. The zero-order chi connectivity index (χ0) is 35.4. The minimum Gasteiger partial charge on any atom is -0.508 e. The van der Waals surface area contributed by atoms with Gasteiger partial charge in [0, 0.05) is 0 Å². The first-order chi connectivity index (χ1) is 21.8. The molecule has 2 aromatic carbocycles. The Bertz CT molecular complexity index is 1440. The lowest BCUT2D eigenvalue weighted by molar-refractivity contribution is 0.469. The van der Waals surface area contributed by atoms with Crippen molar-refractivity contribution in [2.45, 2.75) is 96.9 Å². The average molecular weight is 621 g/mol. The third-order valence-electron chi connectivity index (χ3n) is 7.55. The minimum absolute atomic E-state index is 0.357. The van der Waals surface area contributed by atoms with Gasteiger partial charge in [-0.2, -0.15) is 0 Å². The Hall–Kier alpha value is -4.30. The zero-order valence-corrected chi connectivity index (χ0v) is 31.1. The Morgan fingerprint density at radius 2 is 0.717 bits per heavy atom. The second-order valence-corrected chi connectivity index (χ2v) is 11.2. The number of phenolic OH excluding ortho intramolecular Hbond substituents is 2. The summed E-state index contributed by atoms with van der Waals surface area (Å²) in [5, 5.41) is 20.0. The molecule has 0 aromatic heterocycles. The van der Waals surface area contributed by atoms with Crippen molar-refractivity contribution in [1.82, 2.24) is 0 Å². The van der Waals surface area contributed by atoms with Crippen molar-refractivity contribution < 1.29 is 10.2 Å². The number of aryl methyl sites for hydroxylation is 2. The van der Waals surface area contributed by atoms with Crippen molar-refractivity contribution in [3.05, 3.63) is 152 Å².